The van der Waals surface area contributed by atoms with E-state index in [-0.39, 0.29) is 12.2 Å². The van der Waals surface area contributed by atoms with E-state index in [2.05, 4.69) is 0 Å². The van der Waals surface area contributed by atoms with Crippen molar-refractivity contribution >= 4 is 36.9 Å². The van der Waals surface area contributed by atoms with Crippen molar-refractivity contribution in [3.63, 3.8) is 0 Å². The van der Waals surface area contributed by atoms with Gasteiger partial charge in [0.25, 0.3) is 0 Å². The molecule has 5 heteroatoms. The van der Waals surface area contributed by atoms with Crippen LogP contribution in [0.1, 0.15) is 13.8 Å². The average molecular weight is 295 g/mol. The lowest BCUT2D eigenvalue weighted by molar-refractivity contribution is 0.186. The molecule has 0 spiro atoms. The zero-order chi connectivity index (χ0) is 12.7. The summed E-state index contributed by atoms with van der Waals surface area (Å²) in [4.78, 5) is 0. The van der Waals surface area contributed by atoms with Gasteiger partial charge in [0.05, 0.1) is 12.2 Å². The summed E-state index contributed by atoms with van der Waals surface area (Å²) in [5.74, 6) is 0.897. The molecule has 0 saturated heterocycles. The van der Waals surface area contributed by atoms with Crippen LogP contribution in [-0.4, -0.2) is 24.0 Å². The molecule has 0 fully saturated rings. The van der Waals surface area contributed by atoms with Crippen LogP contribution in [0.25, 0.3) is 0 Å². The summed E-state index contributed by atoms with van der Waals surface area (Å²) in [6.07, 6.45) is -0.0731. The molecule has 0 aliphatic rings. The number of alkyl halides is 2. The van der Waals surface area contributed by atoms with Gasteiger partial charge in [0.15, 0.2) is 0 Å². The average Bonchev–Trinajstić information content (AvgIpc) is 2.38. The first-order valence-corrected chi connectivity index (χ1v) is 7.72. The normalized spacial score (nSPS) is 16.5. The third-order valence-electron chi connectivity index (χ3n) is 1.95. The SMILES string of the molecule is CC(CCl)OP(OC(C)CCl)c1ccccc1. The largest absolute Gasteiger partial charge is 0.326 e. The topological polar surface area (TPSA) is 18.5 Å². The van der Waals surface area contributed by atoms with Crippen molar-refractivity contribution in [1.82, 2.24) is 0 Å². The van der Waals surface area contributed by atoms with Gasteiger partial charge in [-0.1, -0.05) is 18.2 Å². The molecular formula is C12H17Cl2O2P. The van der Waals surface area contributed by atoms with E-state index >= 15 is 0 Å². The fourth-order valence-corrected chi connectivity index (χ4v) is 2.89. The summed E-state index contributed by atoms with van der Waals surface area (Å²) in [5.41, 5.74) is 0. The van der Waals surface area contributed by atoms with Crippen molar-refractivity contribution in [3.05, 3.63) is 30.3 Å². The van der Waals surface area contributed by atoms with E-state index in [1.807, 2.05) is 44.2 Å². The standard InChI is InChI=1S/C12H17Cl2O2P/c1-10(8-13)15-17(16-11(2)9-14)12-6-4-3-5-7-12/h3-7,10-11H,8-9H2,1-2H3. The van der Waals surface area contributed by atoms with Crippen LogP contribution in [0.15, 0.2) is 30.3 Å². The van der Waals surface area contributed by atoms with Crippen molar-refractivity contribution in [2.24, 2.45) is 0 Å². The highest BCUT2D eigenvalue weighted by atomic mass is 35.5. The van der Waals surface area contributed by atoms with E-state index in [0.717, 1.165) is 5.30 Å². The van der Waals surface area contributed by atoms with Crippen LogP contribution < -0.4 is 5.30 Å². The molecule has 2 nitrogen and oxygen atoms in total. The van der Waals surface area contributed by atoms with Crippen molar-refractivity contribution < 1.29 is 9.05 Å². The van der Waals surface area contributed by atoms with Crippen LogP contribution in [0, 0.1) is 0 Å². The van der Waals surface area contributed by atoms with Crippen LogP contribution in [-0.2, 0) is 9.05 Å². The monoisotopic (exact) mass is 294 g/mol. The molecule has 1 aromatic rings. The van der Waals surface area contributed by atoms with Gasteiger partial charge in [0.2, 0.25) is 8.38 Å². The molecule has 0 N–H and O–H groups in total. The fourth-order valence-electron chi connectivity index (χ4n) is 1.08. The Hall–Kier alpha value is 0.150. The summed E-state index contributed by atoms with van der Waals surface area (Å²) in [7, 11) is -1.12. The minimum absolute atomic E-state index is 0.0366. The summed E-state index contributed by atoms with van der Waals surface area (Å²) in [6.45, 7) is 3.86. The third-order valence-corrected chi connectivity index (χ3v) is 4.64. The van der Waals surface area contributed by atoms with E-state index in [9.17, 15) is 0 Å². The second kappa shape index (κ2) is 8.29. The summed E-state index contributed by atoms with van der Waals surface area (Å²) in [5, 5.41) is 1.04. The molecule has 0 saturated carbocycles. The van der Waals surface area contributed by atoms with Gasteiger partial charge in [-0.3, -0.25) is 0 Å². The first kappa shape index (κ1) is 15.2. The van der Waals surface area contributed by atoms with Crippen LogP contribution in [0.4, 0.5) is 0 Å². The second-order valence-corrected chi connectivity index (χ2v) is 5.80. The minimum Gasteiger partial charge on any atom is -0.326 e. The lowest BCUT2D eigenvalue weighted by atomic mass is 10.4. The Bertz CT molecular complexity index is 299. The molecule has 2 atom stereocenters. The van der Waals surface area contributed by atoms with Gasteiger partial charge >= 0.3 is 0 Å². The first-order chi connectivity index (χ1) is 8.17. The van der Waals surface area contributed by atoms with Gasteiger partial charge in [0, 0.05) is 17.1 Å². The van der Waals surface area contributed by atoms with E-state index in [4.69, 9.17) is 32.2 Å². The molecule has 0 heterocycles. The Labute approximate surface area is 114 Å². The van der Waals surface area contributed by atoms with Crippen LogP contribution in [0.3, 0.4) is 0 Å². The smallest absolute Gasteiger partial charge is 0.205 e. The lowest BCUT2D eigenvalue weighted by Crippen LogP contribution is -2.17. The van der Waals surface area contributed by atoms with Crippen LogP contribution in [0.2, 0.25) is 0 Å². The molecular weight excluding hydrogens is 278 g/mol. The molecule has 1 aromatic carbocycles. The van der Waals surface area contributed by atoms with E-state index in [1.165, 1.54) is 0 Å². The van der Waals surface area contributed by atoms with Crippen molar-refractivity contribution in [2.45, 2.75) is 26.1 Å². The molecule has 0 amide bonds. The molecule has 17 heavy (non-hydrogen) atoms. The van der Waals surface area contributed by atoms with E-state index < -0.39 is 8.38 Å². The zero-order valence-corrected chi connectivity index (χ0v) is 12.4. The fraction of sp³-hybridized carbons (Fsp3) is 0.500. The quantitative estimate of drug-likeness (QED) is 0.561. The Balaban J connectivity index is 2.72. The zero-order valence-electron chi connectivity index (χ0n) is 9.98. The number of benzene rings is 1. The highest BCUT2D eigenvalue weighted by molar-refractivity contribution is 7.56. The first-order valence-electron chi connectivity index (χ1n) is 5.48. The predicted molar refractivity (Wildman–Crippen MR) is 75.5 cm³/mol. The van der Waals surface area contributed by atoms with Gasteiger partial charge in [-0.15, -0.1) is 23.2 Å². The van der Waals surface area contributed by atoms with Gasteiger partial charge < -0.3 is 9.05 Å². The molecule has 0 radical (unpaired) electrons. The van der Waals surface area contributed by atoms with Gasteiger partial charge in [0.1, 0.15) is 0 Å². The lowest BCUT2D eigenvalue weighted by Gasteiger charge is -2.23. The maximum Gasteiger partial charge on any atom is 0.205 e. The molecule has 0 aliphatic carbocycles. The third kappa shape index (κ3) is 5.54. The number of rotatable bonds is 7. The van der Waals surface area contributed by atoms with Crippen molar-refractivity contribution in [1.29, 1.82) is 0 Å². The Kier molecular flexibility index (Phi) is 7.41. The molecule has 0 aromatic heterocycles. The number of halogens is 2. The van der Waals surface area contributed by atoms with Crippen molar-refractivity contribution in [2.75, 3.05) is 11.8 Å². The van der Waals surface area contributed by atoms with Crippen LogP contribution in [0.5, 0.6) is 0 Å². The Morgan fingerprint density at radius 3 is 1.88 bits per heavy atom. The van der Waals surface area contributed by atoms with E-state index in [1.54, 1.807) is 0 Å². The molecule has 0 aliphatic heterocycles. The summed E-state index contributed by atoms with van der Waals surface area (Å²) in [6, 6.07) is 9.89. The predicted octanol–water partition coefficient (Wildman–Crippen LogP) is 3.91. The maximum absolute atomic E-state index is 5.81. The minimum atomic E-state index is -1.12. The molecule has 1 rings (SSSR count). The molecule has 2 unspecified atom stereocenters. The summed E-state index contributed by atoms with van der Waals surface area (Å²) < 4.78 is 11.6. The van der Waals surface area contributed by atoms with Gasteiger partial charge in [-0.05, 0) is 26.0 Å². The number of hydrogen-bond donors (Lipinski definition) is 0. The van der Waals surface area contributed by atoms with E-state index in [0.29, 0.717) is 11.8 Å². The Morgan fingerprint density at radius 2 is 1.47 bits per heavy atom. The Morgan fingerprint density at radius 1 is 1.00 bits per heavy atom. The van der Waals surface area contributed by atoms with Gasteiger partial charge in [-0.25, -0.2) is 0 Å². The van der Waals surface area contributed by atoms with Crippen molar-refractivity contribution in [3.8, 4) is 0 Å². The highest BCUT2D eigenvalue weighted by Crippen LogP contribution is 2.40. The maximum atomic E-state index is 5.81. The second-order valence-electron chi connectivity index (χ2n) is 3.73. The highest BCUT2D eigenvalue weighted by Gasteiger charge is 2.19. The van der Waals surface area contributed by atoms with Gasteiger partial charge in [-0.2, -0.15) is 0 Å². The number of hydrogen-bond acceptors (Lipinski definition) is 2. The van der Waals surface area contributed by atoms with Crippen LogP contribution >= 0.6 is 31.6 Å². The summed E-state index contributed by atoms with van der Waals surface area (Å²) >= 11 is 11.5. The molecule has 0 bridgehead atoms. The molecule has 96 valence electrons.